The molecule has 27 heavy (non-hydrogen) atoms. The molecule has 0 bridgehead atoms. The van der Waals surface area contributed by atoms with Crippen LogP contribution in [-0.4, -0.2) is 34.3 Å². The van der Waals surface area contributed by atoms with E-state index < -0.39 is 0 Å². The number of benzene rings is 2. The fourth-order valence-corrected chi connectivity index (χ4v) is 3.51. The highest BCUT2D eigenvalue weighted by molar-refractivity contribution is 6.31. The number of fused-ring (bicyclic) bond motifs is 1. The van der Waals surface area contributed by atoms with Crippen LogP contribution in [0.4, 0.5) is 0 Å². The molecule has 1 saturated heterocycles. The lowest BCUT2D eigenvalue weighted by molar-refractivity contribution is -0.128. The third kappa shape index (κ3) is 3.78. The van der Waals surface area contributed by atoms with Crippen molar-refractivity contribution in [3.63, 3.8) is 0 Å². The normalized spacial score (nSPS) is 16.7. The van der Waals surface area contributed by atoms with E-state index in [2.05, 4.69) is 10.3 Å². The van der Waals surface area contributed by atoms with Gasteiger partial charge in [0.25, 0.3) is 5.91 Å². The largest absolute Gasteiger partial charge is 0.347 e. The van der Waals surface area contributed by atoms with Gasteiger partial charge in [-0.05, 0) is 23.8 Å². The summed E-state index contributed by atoms with van der Waals surface area (Å²) >= 11 is 6.18. The molecule has 0 unspecified atom stereocenters. The summed E-state index contributed by atoms with van der Waals surface area (Å²) in [5.74, 6) is -0.206. The van der Waals surface area contributed by atoms with Crippen molar-refractivity contribution in [2.45, 2.75) is 19.0 Å². The molecule has 1 aromatic heterocycles. The molecule has 0 radical (unpaired) electrons. The summed E-state index contributed by atoms with van der Waals surface area (Å²) in [6.45, 7) is 0.916. The Bertz CT molecular complexity index is 1020. The molecule has 4 rings (SSSR count). The number of nitrogens with zero attached hydrogens (tertiary/aromatic N) is 2. The molecule has 2 heterocycles. The molecule has 0 saturated carbocycles. The fourth-order valence-electron chi connectivity index (χ4n) is 3.32. The lowest BCUT2D eigenvalue weighted by atomic mass is 10.1. The lowest BCUT2D eigenvalue weighted by Crippen LogP contribution is -2.37. The first-order chi connectivity index (χ1) is 13.1. The molecule has 5 nitrogen and oxygen atoms in total. The van der Waals surface area contributed by atoms with Crippen LogP contribution in [0, 0.1) is 0 Å². The Morgan fingerprint density at radius 1 is 1.19 bits per heavy atom. The highest BCUT2D eigenvalue weighted by Crippen LogP contribution is 2.21. The van der Waals surface area contributed by atoms with Gasteiger partial charge < -0.3 is 10.2 Å². The zero-order valence-corrected chi connectivity index (χ0v) is 15.3. The third-order valence-electron chi connectivity index (χ3n) is 4.72. The first-order valence-electron chi connectivity index (χ1n) is 8.77. The smallest absolute Gasteiger partial charge is 0.253 e. The Hall–Kier alpha value is -2.92. The standard InChI is InChI=1S/C21H18ClN3O2/c22-18-7-3-1-6-15(18)12-25-13-17(10-20(25)26)24-21(27)16-9-14-5-2-4-8-19(14)23-11-16/h1-9,11,17H,10,12-13H2,(H,24,27)/t17-/m1/s1. The predicted octanol–water partition coefficient (Wildman–Crippen LogP) is 3.42. The molecule has 2 amide bonds. The number of halogens is 1. The summed E-state index contributed by atoms with van der Waals surface area (Å²) < 4.78 is 0. The minimum absolute atomic E-state index is 0.0110. The maximum Gasteiger partial charge on any atom is 0.253 e. The van der Waals surface area contributed by atoms with Crippen molar-refractivity contribution in [1.82, 2.24) is 15.2 Å². The molecular weight excluding hydrogens is 362 g/mol. The van der Waals surface area contributed by atoms with Crippen LogP contribution >= 0.6 is 11.6 Å². The van der Waals surface area contributed by atoms with Crippen LogP contribution in [0.3, 0.4) is 0 Å². The number of para-hydroxylation sites is 1. The number of hydrogen-bond donors (Lipinski definition) is 1. The number of rotatable bonds is 4. The van der Waals surface area contributed by atoms with Gasteiger partial charge in [0, 0.05) is 36.1 Å². The van der Waals surface area contributed by atoms with Crippen LogP contribution < -0.4 is 5.32 Å². The third-order valence-corrected chi connectivity index (χ3v) is 5.09. The second-order valence-electron chi connectivity index (χ2n) is 6.66. The Morgan fingerprint density at radius 2 is 1.96 bits per heavy atom. The van der Waals surface area contributed by atoms with Gasteiger partial charge in [-0.2, -0.15) is 0 Å². The summed E-state index contributed by atoms with van der Waals surface area (Å²) in [7, 11) is 0. The molecule has 0 aliphatic carbocycles. The van der Waals surface area contributed by atoms with Crippen LogP contribution in [0.15, 0.2) is 60.8 Å². The van der Waals surface area contributed by atoms with E-state index in [4.69, 9.17) is 11.6 Å². The molecule has 2 aromatic carbocycles. The lowest BCUT2D eigenvalue weighted by Gasteiger charge is -2.18. The summed E-state index contributed by atoms with van der Waals surface area (Å²) in [5.41, 5.74) is 2.24. The Morgan fingerprint density at radius 3 is 2.81 bits per heavy atom. The van der Waals surface area contributed by atoms with Gasteiger partial charge in [0.1, 0.15) is 0 Å². The molecule has 136 valence electrons. The van der Waals surface area contributed by atoms with Crippen molar-refractivity contribution in [2.24, 2.45) is 0 Å². The minimum Gasteiger partial charge on any atom is -0.347 e. The molecule has 1 atom stereocenters. The minimum atomic E-state index is -0.223. The van der Waals surface area contributed by atoms with E-state index in [0.717, 1.165) is 16.5 Å². The SMILES string of the molecule is O=C(N[C@@H]1CC(=O)N(Cc2ccccc2Cl)C1)c1cnc2ccccc2c1. The van der Waals surface area contributed by atoms with E-state index in [9.17, 15) is 9.59 Å². The first-order valence-corrected chi connectivity index (χ1v) is 9.15. The van der Waals surface area contributed by atoms with Crippen molar-refractivity contribution in [3.05, 3.63) is 76.9 Å². The molecule has 6 heteroatoms. The number of pyridine rings is 1. The number of carbonyl (C=O) groups excluding carboxylic acids is 2. The number of likely N-dealkylation sites (tertiary alicyclic amines) is 1. The van der Waals surface area contributed by atoms with Gasteiger partial charge in [0.05, 0.1) is 17.1 Å². The predicted molar refractivity (Wildman–Crippen MR) is 104 cm³/mol. The van der Waals surface area contributed by atoms with E-state index in [1.165, 1.54) is 0 Å². The van der Waals surface area contributed by atoms with E-state index >= 15 is 0 Å². The molecule has 1 aliphatic heterocycles. The van der Waals surface area contributed by atoms with Gasteiger partial charge in [-0.15, -0.1) is 0 Å². The van der Waals surface area contributed by atoms with Crippen LogP contribution in [0.25, 0.3) is 10.9 Å². The molecule has 1 aliphatic rings. The average molecular weight is 380 g/mol. The maximum absolute atomic E-state index is 12.6. The van der Waals surface area contributed by atoms with Gasteiger partial charge in [-0.3, -0.25) is 14.6 Å². The maximum atomic E-state index is 12.6. The van der Waals surface area contributed by atoms with Crippen LogP contribution in [0.1, 0.15) is 22.3 Å². The highest BCUT2D eigenvalue weighted by atomic mass is 35.5. The number of amides is 2. The van der Waals surface area contributed by atoms with Crippen molar-refractivity contribution in [3.8, 4) is 0 Å². The highest BCUT2D eigenvalue weighted by Gasteiger charge is 2.31. The first kappa shape index (κ1) is 17.5. The van der Waals surface area contributed by atoms with E-state index in [-0.39, 0.29) is 24.3 Å². The van der Waals surface area contributed by atoms with E-state index in [0.29, 0.717) is 23.7 Å². The topological polar surface area (TPSA) is 62.3 Å². The number of hydrogen-bond acceptors (Lipinski definition) is 3. The molecular formula is C21H18ClN3O2. The molecule has 3 aromatic rings. The number of nitrogens with one attached hydrogen (secondary N) is 1. The Labute approximate surface area is 162 Å². The van der Waals surface area contributed by atoms with Gasteiger partial charge in [-0.25, -0.2) is 0 Å². The van der Waals surface area contributed by atoms with Gasteiger partial charge in [-0.1, -0.05) is 48.0 Å². The summed E-state index contributed by atoms with van der Waals surface area (Å²) in [6.07, 6.45) is 1.85. The summed E-state index contributed by atoms with van der Waals surface area (Å²) in [6, 6.07) is 16.7. The van der Waals surface area contributed by atoms with Crippen molar-refractivity contribution in [1.29, 1.82) is 0 Å². The summed E-state index contributed by atoms with van der Waals surface area (Å²) in [4.78, 5) is 30.9. The monoisotopic (exact) mass is 379 g/mol. The van der Waals surface area contributed by atoms with Crippen molar-refractivity contribution < 1.29 is 9.59 Å². The second-order valence-corrected chi connectivity index (χ2v) is 7.06. The van der Waals surface area contributed by atoms with Crippen molar-refractivity contribution in [2.75, 3.05) is 6.54 Å². The zero-order valence-electron chi connectivity index (χ0n) is 14.6. The zero-order chi connectivity index (χ0) is 18.8. The summed E-state index contributed by atoms with van der Waals surface area (Å²) in [5, 5.41) is 4.50. The fraction of sp³-hybridized carbons (Fsp3) is 0.190. The number of aromatic nitrogens is 1. The van der Waals surface area contributed by atoms with Gasteiger partial charge >= 0.3 is 0 Å². The van der Waals surface area contributed by atoms with Crippen LogP contribution in [0.5, 0.6) is 0 Å². The van der Waals surface area contributed by atoms with Gasteiger partial charge in [0.15, 0.2) is 0 Å². The van der Waals surface area contributed by atoms with E-state index in [1.54, 1.807) is 11.1 Å². The quantitative estimate of drug-likeness (QED) is 0.755. The van der Waals surface area contributed by atoms with Crippen LogP contribution in [-0.2, 0) is 11.3 Å². The Kier molecular flexibility index (Phi) is 4.77. The Balaban J connectivity index is 1.43. The molecule has 0 spiro atoms. The van der Waals surface area contributed by atoms with E-state index in [1.807, 2.05) is 54.6 Å². The van der Waals surface area contributed by atoms with Crippen molar-refractivity contribution >= 4 is 34.3 Å². The average Bonchev–Trinajstić information content (AvgIpc) is 3.02. The van der Waals surface area contributed by atoms with Gasteiger partial charge in [0.2, 0.25) is 5.91 Å². The molecule has 1 fully saturated rings. The van der Waals surface area contributed by atoms with Crippen LogP contribution in [0.2, 0.25) is 5.02 Å². The molecule has 1 N–H and O–H groups in total. The number of carbonyl (C=O) groups is 2. The second kappa shape index (κ2) is 7.37.